The van der Waals surface area contributed by atoms with E-state index >= 15 is 0 Å². The highest BCUT2D eigenvalue weighted by molar-refractivity contribution is 14.0. The van der Waals surface area contributed by atoms with Gasteiger partial charge in [0.2, 0.25) is 0 Å². The van der Waals surface area contributed by atoms with Gasteiger partial charge in [-0.3, -0.25) is 4.99 Å². The van der Waals surface area contributed by atoms with E-state index in [1.165, 1.54) is 5.56 Å². The van der Waals surface area contributed by atoms with E-state index < -0.39 is 0 Å². The standard InChI is InChI=1S/C23H39N3O2.HI/c1-5-24-22(25-15-12-21(19(3)4)28-6-2)26-18-23(13-16-27-17-14-23)20-10-8-7-9-11-20;/h7-11,19,21H,5-6,12-18H2,1-4H3,(H2,24,25,26);1H. The zero-order valence-corrected chi connectivity index (χ0v) is 20.9. The third kappa shape index (κ3) is 8.42. The summed E-state index contributed by atoms with van der Waals surface area (Å²) in [7, 11) is 0. The van der Waals surface area contributed by atoms with Crippen molar-refractivity contribution in [2.24, 2.45) is 10.9 Å². The maximum Gasteiger partial charge on any atom is 0.191 e. The van der Waals surface area contributed by atoms with Crippen LogP contribution in [0.25, 0.3) is 0 Å². The minimum Gasteiger partial charge on any atom is -0.381 e. The van der Waals surface area contributed by atoms with E-state index in [4.69, 9.17) is 14.5 Å². The van der Waals surface area contributed by atoms with E-state index in [2.05, 4.69) is 68.7 Å². The number of aliphatic imine (C=N–C) groups is 1. The molecule has 1 heterocycles. The molecule has 1 saturated heterocycles. The molecule has 0 radical (unpaired) electrons. The molecule has 0 aromatic heterocycles. The number of hydrogen-bond donors (Lipinski definition) is 2. The lowest BCUT2D eigenvalue weighted by atomic mass is 9.74. The molecule has 0 bridgehead atoms. The molecule has 29 heavy (non-hydrogen) atoms. The highest BCUT2D eigenvalue weighted by atomic mass is 127. The van der Waals surface area contributed by atoms with Gasteiger partial charge in [-0.05, 0) is 44.6 Å². The predicted molar refractivity (Wildman–Crippen MR) is 132 cm³/mol. The van der Waals surface area contributed by atoms with Crippen molar-refractivity contribution in [3.05, 3.63) is 35.9 Å². The molecule has 1 atom stereocenters. The third-order valence-electron chi connectivity index (χ3n) is 5.57. The van der Waals surface area contributed by atoms with Crippen LogP contribution >= 0.6 is 24.0 Å². The van der Waals surface area contributed by atoms with Crippen LogP contribution < -0.4 is 10.6 Å². The Labute approximate surface area is 194 Å². The first-order valence-corrected chi connectivity index (χ1v) is 10.9. The summed E-state index contributed by atoms with van der Waals surface area (Å²) in [4.78, 5) is 4.97. The molecule has 6 heteroatoms. The van der Waals surface area contributed by atoms with Gasteiger partial charge in [-0.1, -0.05) is 44.2 Å². The fraction of sp³-hybridized carbons (Fsp3) is 0.696. The van der Waals surface area contributed by atoms with E-state index in [0.717, 1.165) is 64.7 Å². The zero-order chi connectivity index (χ0) is 20.2. The first-order chi connectivity index (χ1) is 13.6. The van der Waals surface area contributed by atoms with Crippen LogP contribution in [0.5, 0.6) is 0 Å². The van der Waals surface area contributed by atoms with Gasteiger partial charge in [-0.2, -0.15) is 0 Å². The lowest BCUT2D eigenvalue weighted by Gasteiger charge is -2.36. The molecule has 0 spiro atoms. The minimum absolute atomic E-state index is 0. The Morgan fingerprint density at radius 1 is 1.14 bits per heavy atom. The van der Waals surface area contributed by atoms with Crippen LogP contribution in [0.15, 0.2) is 35.3 Å². The zero-order valence-electron chi connectivity index (χ0n) is 18.6. The summed E-state index contributed by atoms with van der Waals surface area (Å²) in [5, 5.41) is 6.89. The lowest BCUT2D eigenvalue weighted by Crippen LogP contribution is -2.42. The Morgan fingerprint density at radius 3 is 2.41 bits per heavy atom. The van der Waals surface area contributed by atoms with Crippen molar-refractivity contribution in [3.63, 3.8) is 0 Å². The van der Waals surface area contributed by atoms with Gasteiger partial charge in [0.1, 0.15) is 0 Å². The van der Waals surface area contributed by atoms with Gasteiger partial charge in [0.05, 0.1) is 12.6 Å². The van der Waals surface area contributed by atoms with Crippen LogP contribution in [0.4, 0.5) is 0 Å². The molecule has 2 rings (SSSR count). The number of halogens is 1. The summed E-state index contributed by atoms with van der Waals surface area (Å²) in [6.07, 6.45) is 3.29. The Balaban J connectivity index is 0.00000420. The fourth-order valence-electron chi connectivity index (χ4n) is 3.82. The highest BCUT2D eigenvalue weighted by Crippen LogP contribution is 2.35. The van der Waals surface area contributed by atoms with Crippen molar-refractivity contribution in [1.82, 2.24) is 10.6 Å². The molecule has 1 aromatic carbocycles. The average Bonchev–Trinajstić information content (AvgIpc) is 2.72. The Hall–Kier alpha value is -0.860. The second-order valence-electron chi connectivity index (χ2n) is 7.91. The third-order valence-corrected chi connectivity index (χ3v) is 5.57. The first kappa shape index (κ1) is 26.2. The minimum atomic E-state index is 0. The van der Waals surface area contributed by atoms with E-state index in [1.54, 1.807) is 0 Å². The van der Waals surface area contributed by atoms with Gasteiger partial charge in [0, 0.05) is 38.3 Å². The van der Waals surface area contributed by atoms with Gasteiger partial charge in [0.25, 0.3) is 0 Å². The number of benzene rings is 1. The molecule has 5 nitrogen and oxygen atoms in total. The molecular formula is C23H40IN3O2. The summed E-state index contributed by atoms with van der Waals surface area (Å²) >= 11 is 0. The molecule has 1 aliphatic heterocycles. The van der Waals surface area contributed by atoms with Gasteiger partial charge in [-0.25, -0.2) is 0 Å². The van der Waals surface area contributed by atoms with Crippen LogP contribution in [-0.4, -0.2) is 51.5 Å². The maximum absolute atomic E-state index is 5.86. The van der Waals surface area contributed by atoms with Gasteiger partial charge in [-0.15, -0.1) is 24.0 Å². The van der Waals surface area contributed by atoms with Crippen LogP contribution in [0.1, 0.15) is 52.5 Å². The number of guanidine groups is 1. The van der Waals surface area contributed by atoms with Crippen molar-refractivity contribution in [1.29, 1.82) is 0 Å². The summed E-state index contributed by atoms with van der Waals surface area (Å²) in [5.41, 5.74) is 1.43. The predicted octanol–water partition coefficient (Wildman–Crippen LogP) is 4.36. The van der Waals surface area contributed by atoms with Crippen molar-refractivity contribution in [3.8, 4) is 0 Å². The maximum atomic E-state index is 5.86. The Morgan fingerprint density at radius 2 is 1.83 bits per heavy atom. The number of nitrogens with one attached hydrogen (secondary N) is 2. The van der Waals surface area contributed by atoms with Crippen LogP contribution in [0.3, 0.4) is 0 Å². The monoisotopic (exact) mass is 517 g/mol. The lowest BCUT2D eigenvalue weighted by molar-refractivity contribution is 0.0258. The van der Waals surface area contributed by atoms with Crippen molar-refractivity contribution in [2.45, 2.75) is 58.5 Å². The van der Waals surface area contributed by atoms with Crippen LogP contribution in [0.2, 0.25) is 0 Å². The fourth-order valence-corrected chi connectivity index (χ4v) is 3.82. The second-order valence-corrected chi connectivity index (χ2v) is 7.91. The van der Waals surface area contributed by atoms with Gasteiger partial charge >= 0.3 is 0 Å². The topological polar surface area (TPSA) is 54.9 Å². The molecule has 0 amide bonds. The van der Waals surface area contributed by atoms with E-state index in [0.29, 0.717) is 5.92 Å². The largest absolute Gasteiger partial charge is 0.381 e. The summed E-state index contributed by atoms with van der Waals surface area (Å²) in [6.45, 7) is 13.5. The van der Waals surface area contributed by atoms with E-state index in [1.807, 2.05) is 0 Å². The molecule has 1 unspecified atom stereocenters. The normalized spacial score (nSPS) is 17.5. The number of ether oxygens (including phenoxy) is 2. The number of nitrogens with zero attached hydrogens (tertiary/aromatic N) is 1. The average molecular weight is 517 g/mol. The highest BCUT2D eigenvalue weighted by Gasteiger charge is 2.34. The molecule has 1 fully saturated rings. The number of rotatable bonds is 10. The van der Waals surface area contributed by atoms with Crippen molar-refractivity contribution in [2.75, 3.05) is 39.5 Å². The van der Waals surface area contributed by atoms with Crippen molar-refractivity contribution >= 4 is 29.9 Å². The molecular weight excluding hydrogens is 477 g/mol. The summed E-state index contributed by atoms with van der Waals surface area (Å²) in [6, 6.07) is 10.8. The quantitative estimate of drug-likeness (QED) is 0.275. The molecule has 166 valence electrons. The molecule has 0 aliphatic carbocycles. The van der Waals surface area contributed by atoms with E-state index in [-0.39, 0.29) is 35.5 Å². The number of hydrogen-bond acceptors (Lipinski definition) is 3. The molecule has 2 N–H and O–H groups in total. The van der Waals surface area contributed by atoms with Gasteiger partial charge < -0.3 is 20.1 Å². The first-order valence-electron chi connectivity index (χ1n) is 10.9. The molecule has 1 aliphatic rings. The molecule has 1 aromatic rings. The van der Waals surface area contributed by atoms with E-state index in [9.17, 15) is 0 Å². The van der Waals surface area contributed by atoms with Crippen LogP contribution in [0, 0.1) is 5.92 Å². The Bertz CT molecular complexity index is 575. The summed E-state index contributed by atoms with van der Waals surface area (Å²) in [5.74, 6) is 1.41. The smallest absolute Gasteiger partial charge is 0.191 e. The molecule has 0 saturated carbocycles. The van der Waals surface area contributed by atoms with Crippen LogP contribution in [-0.2, 0) is 14.9 Å². The van der Waals surface area contributed by atoms with Crippen molar-refractivity contribution < 1.29 is 9.47 Å². The SMILES string of the molecule is CCNC(=NCC1(c2ccccc2)CCOCC1)NCCC(OCC)C(C)C.I. The van der Waals surface area contributed by atoms with Gasteiger partial charge in [0.15, 0.2) is 5.96 Å². The summed E-state index contributed by atoms with van der Waals surface area (Å²) < 4.78 is 11.5. The Kier molecular flexibility index (Phi) is 12.8. The second kappa shape index (κ2) is 14.2.